The van der Waals surface area contributed by atoms with E-state index in [-0.39, 0.29) is 5.91 Å². The van der Waals surface area contributed by atoms with Gasteiger partial charge in [0.1, 0.15) is 5.65 Å². The molecule has 5 heteroatoms. The van der Waals surface area contributed by atoms with Crippen LogP contribution in [0.1, 0.15) is 23.2 Å². The number of benzene rings is 2. The molecule has 146 valence electrons. The Balaban J connectivity index is 1.59. The minimum atomic E-state index is -0.0112. The number of imidazole rings is 1. The summed E-state index contributed by atoms with van der Waals surface area (Å²) in [6.45, 7) is 4.05. The van der Waals surface area contributed by atoms with Crippen molar-refractivity contribution in [3.63, 3.8) is 0 Å². The zero-order chi connectivity index (χ0) is 20.4. The number of pyridine rings is 1. The molecule has 1 amide bonds. The molecule has 0 saturated carbocycles. The minimum Gasteiger partial charge on any atom is -0.326 e. The molecule has 0 fully saturated rings. The van der Waals surface area contributed by atoms with Crippen LogP contribution in [0.4, 0.5) is 5.69 Å². The number of hydrogen-bond acceptors (Lipinski definition) is 2. The van der Waals surface area contributed by atoms with E-state index in [4.69, 9.17) is 16.6 Å². The SMILES string of the molecule is Cc1cc(C)cc(NC(=O)CCc2c(-c3ccc(Cl)cc3)nc3ccccn23)c1. The van der Waals surface area contributed by atoms with E-state index in [2.05, 4.69) is 11.4 Å². The first-order valence-electron chi connectivity index (χ1n) is 9.59. The van der Waals surface area contributed by atoms with Gasteiger partial charge in [-0.05, 0) is 67.8 Å². The van der Waals surface area contributed by atoms with Gasteiger partial charge in [-0.3, -0.25) is 4.79 Å². The number of amides is 1. The van der Waals surface area contributed by atoms with Crippen molar-refractivity contribution in [1.82, 2.24) is 9.38 Å². The summed E-state index contributed by atoms with van der Waals surface area (Å²) in [6.07, 6.45) is 2.94. The molecule has 0 bridgehead atoms. The molecule has 2 aromatic heterocycles. The van der Waals surface area contributed by atoms with E-state index in [0.717, 1.165) is 39.4 Å². The van der Waals surface area contributed by atoms with Crippen molar-refractivity contribution in [3.05, 3.63) is 88.7 Å². The highest BCUT2D eigenvalue weighted by molar-refractivity contribution is 6.30. The van der Waals surface area contributed by atoms with Crippen LogP contribution < -0.4 is 5.32 Å². The number of aryl methyl sites for hydroxylation is 3. The first kappa shape index (κ1) is 19.2. The predicted molar refractivity (Wildman–Crippen MR) is 119 cm³/mol. The van der Waals surface area contributed by atoms with Gasteiger partial charge >= 0.3 is 0 Å². The van der Waals surface area contributed by atoms with Gasteiger partial charge in [-0.15, -0.1) is 0 Å². The Hall–Kier alpha value is -3.11. The van der Waals surface area contributed by atoms with Crippen molar-refractivity contribution in [2.75, 3.05) is 5.32 Å². The number of carbonyl (C=O) groups excluding carboxylic acids is 1. The highest BCUT2D eigenvalue weighted by atomic mass is 35.5. The zero-order valence-electron chi connectivity index (χ0n) is 16.4. The lowest BCUT2D eigenvalue weighted by atomic mass is 10.1. The molecule has 0 radical (unpaired) electrons. The standard InChI is InChI=1S/C24H22ClN3O/c1-16-13-17(2)15-20(14-16)26-23(29)11-10-21-24(18-6-8-19(25)9-7-18)27-22-5-3-4-12-28(21)22/h3-9,12-15H,10-11H2,1-2H3,(H,26,29). The van der Waals surface area contributed by atoms with Crippen LogP contribution in [-0.2, 0) is 11.2 Å². The highest BCUT2D eigenvalue weighted by Crippen LogP contribution is 2.27. The monoisotopic (exact) mass is 403 g/mol. The normalized spacial score (nSPS) is 11.0. The molecule has 4 aromatic rings. The topological polar surface area (TPSA) is 46.4 Å². The lowest BCUT2D eigenvalue weighted by Crippen LogP contribution is -2.13. The Morgan fingerprint density at radius 3 is 2.48 bits per heavy atom. The van der Waals surface area contributed by atoms with Crippen LogP contribution in [0.5, 0.6) is 0 Å². The number of rotatable bonds is 5. The van der Waals surface area contributed by atoms with Crippen molar-refractivity contribution in [2.24, 2.45) is 0 Å². The van der Waals surface area contributed by atoms with Gasteiger partial charge in [0.15, 0.2) is 0 Å². The molecule has 0 aliphatic carbocycles. The summed E-state index contributed by atoms with van der Waals surface area (Å²) in [7, 11) is 0. The Labute approximate surface area is 175 Å². The van der Waals surface area contributed by atoms with Crippen LogP contribution in [-0.4, -0.2) is 15.3 Å². The number of carbonyl (C=O) groups is 1. The van der Waals surface area contributed by atoms with Crippen molar-refractivity contribution in [1.29, 1.82) is 0 Å². The number of halogens is 1. The lowest BCUT2D eigenvalue weighted by molar-refractivity contribution is -0.116. The molecule has 4 rings (SSSR count). The Kier molecular flexibility index (Phi) is 5.36. The average molecular weight is 404 g/mol. The number of hydrogen-bond donors (Lipinski definition) is 1. The molecule has 4 nitrogen and oxygen atoms in total. The third-order valence-corrected chi connectivity index (χ3v) is 5.09. The Morgan fingerprint density at radius 1 is 1.03 bits per heavy atom. The molecule has 0 saturated heterocycles. The molecular weight excluding hydrogens is 382 g/mol. The average Bonchev–Trinajstić information content (AvgIpc) is 3.05. The maximum absolute atomic E-state index is 12.6. The maximum Gasteiger partial charge on any atom is 0.224 e. The molecule has 1 N–H and O–H groups in total. The number of nitrogens with one attached hydrogen (secondary N) is 1. The van der Waals surface area contributed by atoms with Crippen LogP contribution in [0, 0.1) is 13.8 Å². The van der Waals surface area contributed by atoms with Gasteiger partial charge in [0.05, 0.1) is 11.4 Å². The molecule has 0 aliphatic rings. The molecular formula is C24H22ClN3O. The Morgan fingerprint density at radius 2 is 1.76 bits per heavy atom. The van der Waals surface area contributed by atoms with Gasteiger partial charge in [0.25, 0.3) is 0 Å². The van der Waals surface area contributed by atoms with Gasteiger partial charge in [-0.1, -0.05) is 35.9 Å². The third kappa shape index (κ3) is 4.33. The summed E-state index contributed by atoms with van der Waals surface area (Å²) in [5.41, 5.74) is 6.85. The number of fused-ring (bicyclic) bond motifs is 1. The van der Waals surface area contributed by atoms with E-state index in [1.807, 2.05) is 79.0 Å². The highest BCUT2D eigenvalue weighted by Gasteiger charge is 2.15. The van der Waals surface area contributed by atoms with Gasteiger partial charge in [-0.2, -0.15) is 0 Å². The number of nitrogens with zero attached hydrogens (tertiary/aromatic N) is 2. The minimum absolute atomic E-state index is 0.0112. The fourth-order valence-corrected chi connectivity index (χ4v) is 3.75. The van der Waals surface area contributed by atoms with Crippen molar-refractivity contribution in [3.8, 4) is 11.3 Å². The summed E-state index contributed by atoms with van der Waals surface area (Å²) < 4.78 is 2.05. The Bertz CT molecular complexity index is 1160. The summed E-state index contributed by atoms with van der Waals surface area (Å²) >= 11 is 6.04. The van der Waals surface area contributed by atoms with Crippen LogP contribution in [0.3, 0.4) is 0 Å². The van der Waals surface area contributed by atoms with Crippen LogP contribution in [0.15, 0.2) is 66.9 Å². The zero-order valence-corrected chi connectivity index (χ0v) is 17.2. The summed E-state index contributed by atoms with van der Waals surface area (Å²) in [5, 5.41) is 3.70. The second-order valence-corrected chi connectivity index (χ2v) is 7.70. The maximum atomic E-state index is 12.6. The molecule has 0 spiro atoms. The van der Waals surface area contributed by atoms with E-state index in [1.165, 1.54) is 0 Å². The largest absolute Gasteiger partial charge is 0.326 e. The lowest BCUT2D eigenvalue weighted by Gasteiger charge is -2.09. The molecule has 29 heavy (non-hydrogen) atoms. The summed E-state index contributed by atoms with van der Waals surface area (Å²) in [6, 6.07) is 19.6. The second-order valence-electron chi connectivity index (χ2n) is 7.27. The number of anilines is 1. The van der Waals surface area contributed by atoms with E-state index < -0.39 is 0 Å². The van der Waals surface area contributed by atoms with E-state index >= 15 is 0 Å². The van der Waals surface area contributed by atoms with Gasteiger partial charge < -0.3 is 9.72 Å². The van der Waals surface area contributed by atoms with Crippen LogP contribution in [0.25, 0.3) is 16.9 Å². The van der Waals surface area contributed by atoms with Gasteiger partial charge in [0.2, 0.25) is 5.91 Å². The summed E-state index contributed by atoms with van der Waals surface area (Å²) in [5.74, 6) is -0.0112. The van der Waals surface area contributed by atoms with Crippen LogP contribution in [0.2, 0.25) is 5.02 Å². The molecule has 2 heterocycles. The van der Waals surface area contributed by atoms with Crippen molar-refractivity contribution in [2.45, 2.75) is 26.7 Å². The van der Waals surface area contributed by atoms with Gasteiger partial charge in [0, 0.05) is 28.9 Å². The van der Waals surface area contributed by atoms with E-state index in [1.54, 1.807) is 0 Å². The smallest absolute Gasteiger partial charge is 0.224 e. The second kappa shape index (κ2) is 8.10. The predicted octanol–water partition coefficient (Wildman–Crippen LogP) is 5.84. The fourth-order valence-electron chi connectivity index (χ4n) is 3.63. The molecule has 0 aliphatic heterocycles. The van der Waals surface area contributed by atoms with Crippen molar-refractivity contribution >= 4 is 28.8 Å². The molecule has 0 unspecified atom stereocenters. The van der Waals surface area contributed by atoms with Gasteiger partial charge in [-0.25, -0.2) is 4.98 Å². The van der Waals surface area contributed by atoms with E-state index in [0.29, 0.717) is 17.9 Å². The summed E-state index contributed by atoms with van der Waals surface area (Å²) in [4.78, 5) is 17.4. The quantitative estimate of drug-likeness (QED) is 0.454. The number of aromatic nitrogens is 2. The van der Waals surface area contributed by atoms with Crippen molar-refractivity contribution < 1.29 is 4.79 Å². The fraction of sp³-hybridized carbons (Fsp3) is 0.167. The van der Waals surface area contributed by atoms with E-state index in [9.17, 15) is 4.79 Å². The van der Waals surface area contributed by atoms with Crippen LogP contribution >= 0.6 is 11.6 Å². The molecule has 0 atom stereocenters. The third-order valence-electron chi connectivity index (χ3n) is 4.84. The molecule has 2 aromatic carbocycles. The first-order valence-corrected chi connectivity index (χ1v) is 9.97. The first-order chi connectivity index (χ1) is 14.0.